The van der Waals surface area contributed by atoms with Gasteiger partial charge in [0.05, 0.1) is 5.69 Å². The lowest BCUT2D eigenvalue weighted by Gasteiger charge is -2.19. The highest BCUT2D eigenvalue weighted by Gasteiger charge is 2.18. The van der Waals surface area contributed by atoms with Crippen molar-refractivity contribution in [1.82, 2.24) is 4.98 Å². The number of nitrogens with zero attached hydrogens (tertiary/aromatic N) is 2. The number of pyridine rings is 1. The molecule has 3 aromatic rings. The largest absolute Gasteiger partial charge is 0.507 e. The van der Waals surface area contributed by atoms with Crippen LogP contribution in [0.25, 0.3) is 21.7 Å². The van der Waals surface area contributed by atoms with Gasteiger partial charge in [0.15, 0.2) is 0 Å². The Morgan fingerprint density at radius 2 is 1.84 bits per heavy atom. The van der Waals surface area contributed by atoms with E-state index in [1.54, 1.807) is 17.4 Å². The van der Waals surface area contributed by atoms with Crippen LogP contribution in [0.2, 0.25) is 0 Å². The number of anilines is 1. The van der Waals surface area contributed by atoms with Crippen molar-refractivity contribution in [3.05, 3.63) is 52.9 Å². The molecule has 4 heteroatoms. The first-order chi connectivity index (χ1) is 12.1. The summed E-state index contributed by atoms with van der Waals surface area (Å²) in [5.74, 6) is 1.30. The van der Waals surface area contributed by atoms with E-state index in [2.05, 4.69) is 35.4 Å². The predicted octanol–water partition coefficient (Wildman–Crippen LogP) is 5.40. The summed E-state index contributed by atoms with van der Waals surface area (Å²) >= 11 is 1.76. The highest BCUT2D eigenvalue weighted by atomic mass is 32.1. The number of phenols is 1. The molecular formula is C21H22N2OS. The summed E-state index contributed by atoms with van der Waals surface area (Å²) in [6, 6.07) is 12.1. The van der Waals surface area contributed by atoms with Gasteiger partial charge in [0, 0.05) is 23.5 Å². The minimum absolute atomic E-state index is 0.283. The summed E-state index contributed by atoms with van der Waals surface area (Å²) in [5.41, 5.74) is 5.23. The predicted molar refractivity (Wildman–Crippen MR) is 106 cm³/mol. The molecule has 128 valence electrons. The standard InChI is InChI=1S/C21H22N2OS/c1-14-5-6-19(24)17(11-14)18-12-16(21-15(2)7-10-25-21)13-20(22-18)23-8-3-4-9-23/h5-7,10-13,24H,3-4,8-9H2,1-2H3. The van der Waals surface area contributed by atoms with Crippen molar-refractivity contribution in [1.29, 1.82) is 0 Å². The van der Waals surface area contributed by atoms with E-state index < -0.39 is 0 Å². The quantitative estimate of drug-likeness (QED) is 0.687. The van der Waals surface area contributed by atoms with Crippen LogP contribution in [0.4, 0.5) is 5.82 Å². The molecule has 1 fully saturated rings. The fourth-order valence-electron chi connectivity index (χ4n) is 3.42. The van der Waals surface area contributed by atoms with Crippen molar-refractivity contribution in [2.24, 2.45) is 0 Å². The van der Waals surface area contributed by atoms with Crippen LogP contribution in [0.15, 0.2) is 41.8 Å². The molecule has 1 saturated heterocycles. The third kappa shape index (κ3) is 3.14. The number of hydrogen-bond donors (Lipinski definition) is 1. The number of benzene rings is 1. The molecule has 0 unspecified atom stereocenters. The third-order valence-electron chi connectivity index (χ3n) is 4.79. The second-order valence-electron chi connectivity index (χ2n) is 6.75. The summed E-state index contributed by atoms with van der Waals surface area (Å²) in [6.07, 6.45) is 2.43. The van der Waals surface area contributed by atoms with Gasteiger partial charge in [-0.05, 0) is 73.5 Å². The van der Waals surface area contributed by atoms with E-state index in [0.29, 0.717) is 0 Å². The van der Waals surface area contributed by atoms with Crippen LogP contribution in [0.5, 0.6) is 5.75 Å². The van der Waals surface area contributed by atoms with Gasteiger partial charge in [-0.2, -0.15) is 0 Å². The van der Waals surface area contributed by atoms with E-state index in [9.17, 15) is 5.11 Å². The molecule has 3 heterocycles. The molecule has 0 radical (unpaired) electrons. The second-order valence-corrected chi connectivity index (χ2v) is 7.66. The van der Waals surface area contributed by atoms with E-state index in [1.165, 1.54) is 28.8 Å². The van der Waals surface area contributed by atoms with Gasteiger partial charge in [0.2, 0.25) is 0 Å². The maximum Gasteiger partial charge on any atom is 0.129 e. The molecule has 25 heavy (non-hydrogen) atoms. The van der Waals surface area contributed by atoms with Crippen LogP contribution in [0.1, 0.15) is 24.0 Å². The molecular weight excluding hydrogens is 328 g/mol. The number of phenolic OH excluding ortho intramolecular Hbond substituents is 1. The average Bonchev–Trinajstić information content (AvgIpc) is 3.28. The van der Waals surface area contributed by atoms with Crippen LogP contribution < -0.4 is 4.90 Å². The molecule has 1 N–H and O–H groups in total. The fraction of sp³-hybridized carbons (Fsp3) is 0.286. The maximum absolute atomic E-state index is 10.4. The first kappa shape index (κ1) is 16.2. The number of aryl methyl sites for hydroxylation is 2. The first-order valence-electron chi connectivity index (χ1n) is 8.73. The number of aromatic hydroxyl groups is 1. The number of aromatic nitrogens is 1. The number of thiophene rings is 1. The van der Waals surface area contributed by atoms with E-state index in [4.69, 9.17) is 4.98 Å². The van der Waals surface area contributed by atoms with Crippen molar-refractivity contribution in [2.75, 3.05) is 18.0 Å². The molecule has 4 rings (SSSR count). The van der Waals surface area contributed by atoms with Crippen molar-refractivity contribution in [3.8, 4) is 27.4 Å². The zero-order chi connectivity index (χ0) is 17.4. The monoisotopic (exact) mass is 350 g/mol. The van der Waals surface area contributed by atoms with Gasteiger partial charge in [-0.25, -0.2) is 4.98 Å². The zero-order valence-corrected chi connectivity index (χ0v) is 15.4. The Morgan fingerprint density at radius 3 is 2.56 bits per heavy atom. The van der Waals surface area contributed by atoms with Gasteiger partial charge in [-0.15, -0.1) is 11.3 Å². The summed E-state index contributed by atoms with van der Waals surface area (Å²) < 4.78 is 0. The SMILES string of the molecule is Cc1ccc(O)c(-c2cc(-c3sccc3C)cc(N3CCCC3)n2)c1. The Morgan fingerprint density at radius 1 is 1.04 bits per heavy atom. The molecule has 0 saturated carbocycles. The molecule has 1 aliphatic rings. The average molecular weight is 350 g/mol. The van der Waals surface area contributed by atoms with E-state index in [-0.39, 0.29) is 5.75 Å². The minimum Gasteiger partial charge on any atom is -0.507 e. The topological polar surface area (TPSA) is 36.4 Å². The van der Waals surface area contributed by atoms with E-state index in [1.807, 2.05) is 19.1 Å². The first-order valence-corrected chi connectivity index (χ1v) is 9.61. The Hall–Kier alpha value is -2.33. The summed E-state index contributed by atoms with van der Waals surface area (Å²) in [5, 5.41) is 12.5. The Labute approximate surface area is 152 Å². The molecule has 3 nitrogen and oxygen atoms in total. The smallest absolute Gasteiger partial charge is 0.129 e. The molecule has 2 aromatic heterocycles. The van der Waals surface area contributed by atoms with Crippen molar-refractivity contribution < 1.29 is 5.11 Å². The molecule has 0 spiro atoms. The van der Waals surface area contributed by atoms with Gasteiger partial charge in [0.25, 0.3) is 0 Å². The molecule has 1 aliphatic heterocycles. The Bertz CT molecular complexity index is 910. The van der Waals surface area contributed by atoms with E-state index >= 15 is 0 Å². The molecule has 0 bridgehead atoms. The number of rotatable bonds is 3. The lowest BCUT2D eigenvalue weighted by molar-refractivity contribution is 0.477. The van der Waals surface area contributed by atoms with Gasteiger partial charge in [-0.3, -0.25) is 0 Å². The fourth-order valence-corrected chi connectivity index (χ4v) is 4.33. The van der Waals surface area contributed by atoms with Crippen LogP contribution in [0.3, 0.4) is 0 Å². The lowest BCUT2D eigenvalue weighted by Crippen LogP contribution is -2.19. The van der Waals surface area contributed by atoms with Gasteiger partial charge in [-0.1, -0.05) is 11.6 Å². The van der Waals surface area contributed by atoms with Crippen LogP contribution in [-0.2, 0) is 0 Å². The van der Waals surface area contributed by atoms with Crippen LogP contribution >= 0.6 is 11.3 Å². The highest BCUT2D eigenvalue weighted by molar-refractivity contribution is 7.13. The molecule has 0 atom stereocenters. The van der Waals surface area contributed by atoms with Crippen LogP contribution in [-0.4, -0.2) is 23.2 Å². The van der Waals surface area contributed by atoms with Crippen molar-refractivity contribution in [3.63, 3.8) is 0 Å². The third-order valence-corrected chi connectivity index (χ3v) is 5.86. The zero-order valence-electron chi connectivity index (χ0n) is 14.6. The van der Waals surface area contributed by atoms with Gasteiger partial charge < -0.3 is 10.0 Å². The maximum atomic E-state index is 10.4. The van der Waals surface area contributed by atoms with Gasteiger partial charge in [0.1, 0.15) is 11.6 Å². The minimum atomic E-state index is 0.283. The highest BCUT2D eigenvalue weighted by Crippen LogP contribution is 2.37. The van der Waals surface area contributed by atoms with Gasteiger partial charge >= 0.3 is 0 Å². The summed E-state index contributed by atoms with van der Waals surface area (Å²) in [4.78, 5) is 8.52. The second kappa shape index (κ2) is 6.52. The lowest BCUT2D eigenvalue weighted by atomic mass is 10.0. The van der Waals surface area contributed by atoms with Crippen molar-refractivity contribution >= 4 is 17.2 Å². The summed E-state index contributed by atoms with van der Waals surface area (Å²) in [7, 11) is 0. The molecule has 0 aliphatic carbocycles. The van der Waals surface area contributed by atoms with Crippen LogP contribution in [0, 0.1) is 13.8 Å². The summed E-state index contributed by atoms with van der Waals surface area (Å²) in [6.45, 7) is 6.29. The van der Waals surface area contributed by atoms with E-state index in [0.717, 1.165) is 35.7 Å². The number of hydrogen-bond acceptors (Lipinski definition) is 4. The van der Waals surface area contributed by atoms with Crippen molar-refractivity contribution in [2.45, 2.75) is 26.7 Å². The molecule has 1 aromatic carbocycles. The molecule has 0 amide bonds. The normalized spacial score (nSPS) is 14.2. The Kier molecular flexibility index (Phi) is 4.22. The Balaban J connectivity index is 1.89.